The van der Waals surface area contributed by atoms with Crippen molar-refractivity contribution in [3.63, 3.8) is 0 Å². The Hall–Kier alpha value is -5.49. The molecule has 4 N–H and O–H groups in total. The van der Waals surface area contributed by atoms with Crippen LogP contribution in [0.15, 0.2) is 91.0 Å². The first-order valence-electron chi connectivity index (χ1n) is 13.2. The van der Waals surface area contributed by atoms with E-state index in [1.165, 1.54) is 0 Å². The molecule has 9 heteroatoms. The largest absolute Gasteiger partial charge is 0.383 e. The Morgan fingerprint density at radius 3 is 2.29 bits per heavy atom. The molecule has 0 unspecified atom stereocenters. The summed E-state index contributed by atoms with van der Waals surface area (Å²) < 4.78 is 1.70. The number of aryl methyl sites for hydroxylation is 1. The van der Waals surface area contributed by atoms with E-state index in [2.05, 4.69) is 26.9 Å². The number of nitrogens with zero attached hydrogens (tertiary/aromatic N) is 5. The second-order valence-corrected chi connectivity index (χ2v) is 10.4. The van der Waals surface area contributed by atoms with Gasteiger partial charge in [0.1, 0.15) is 23.1 Å². The van der Waals surface area contributed by atoms with Gasteiger partial charge in [0.2, 0.25) is 0 Å². The van der Waals surface area contributed by atoms with E-state index in [-0.39, 0.29) is 0 Å². The van der Waals surface area contributed by atoms with Gasteiger partial charge in [-0.15, -0.1) is 10.2 Å². The minimum atomic E-state index is -0.619. The molecule has 0 spiro atoms. The van der Waals surface area contributed by atoms with Gasteiger partial charge in [0.15, 0.2) is 5.82 Å². The Morgan fingerprint density at radius 1 is 0.902 bits per heavy atom. The summed E-state index contributed by atoms with van der Waals surface area (Å²) in [6.07, 6.45) is 0.485. The second kappa shape index (κ2) is 11.3. The molecule has 9 nitrogen and oxygen atoms in total. The van der Waals surface area contributed by atoms with E-state index in [0.717, 1.165) is 22.3 Å². The summed E-state index contributed by atoms with van der Waals surface area (Å²) in [5.74, 6) is 0.630. The Balaban J connectivity index is 1.33. The van der Waals surface area contributed by atoms with Crippen LogP contribution in [0.4, 0.5) is 22.1 Å². The smallest absolute Gasteiger partial charge is 0.324 e. The van der Waals surface area contributed by atoms with Gasteiger partial charge in [0.25, 0.3) is 0 Å². The maximum absolute atomic E-state index is 12.9. The van der Waals surface area contributed by atoms with Gasteiger partial charge >= 0.3 is 6.03 Å². The number of hydrogen-bond acceptors (Lipinski definition) is 6. The topological polar surface area (TPSA) is 135 Å². The van der Waals surface area contributed by atoms with Crippen molar-refractivity contribution < 1.29 is 4.79 Å². The number of carbonyl (C=O) groups is 1. The molecule has 2 heterocycles. The van der Waals surface area contributed by atoms with Crippen LogP contribution in [0.5, 0.6) is 0 Å². The number of amides is 2. The summed E-state index contributed by atoms with van der Waals surface area (Å²) in [5.41, 5.74) is 11.8. The molecule has 0 aliphatic rings. The first-order valence-corrected chi connectivity index (χ1v) is 13.2. The van der Waals surface area contributed by atoms with Crippen LogP contribution < -0.4 is 16.4 Å². The molecule has 3 aromatic carbocycles. The fourth-order valence-electron chi connectivity index (χ4n) is 4.69. The molecular weight excluding hydrogens is 512 g/mol. The van der Waals surface area contributed by atoms with E-state index >= 15 is 0 Å². The lowest BCUT2D eigenvalue weighted by atomic mass is 9.94. The highest BCUT2D eigenvalue weighted by Crippen LogP contribution is 2.33. The number of nitriles is 1. The molecule has 0 fully saturated rings. The molecule has 204 valence electrons. The van der Waals surface area contributed by atoms with Crippen molar-refractivity contribution in [1.29, 1.82) is 5.26 Å². The van der Waals surface area contributed by atoms with Crippen LogP contribution >= 0.6 is 0 Å². The Labute approximate surface area is 238 Å². The molecule has 0 saturated heterocycles. The van der Waals surface area contributed by atoms with E-state index in [0.29, 0.717) is 40.7 Å². The summed E-state index contributed by atoms with van der Waals surface area (Å²) in [5, 5.41) is 28.7. The number of hydrogen-bond donors (Lipinski definition) is 3. The van der Waals surface area contributed by atoms with Gasteiger partial charge in [-0.25, -0.2) is 9.48 Å². The van der Waals surface area contributed by atoms with Crippen molar-refractivity contribution in [2.45, 2.75) is 32.7 Å². The van der Waals surface area contributed by atoms with Crippen LogP contribution in [0, 0.1) is 18.3 Å². The maximum atomic E-state index is 12.9. The maximum Gasteiger partial charge on any atom is 0.324 e. The van der Waals surface area contributed by atoms with E-state index in [4.69, 9.17) is 10.8 Å². The summed E-state index contributed by atoms with van der Waals surface area (Å²) in [6.45, 7) is 6.00. The third kappa shape index (κ3) is 5.92. The molecule has 2 aromatic heterocycles. The predicted molar refractivity (Wildman–Crippen MR) is 161 cm³/mol. The Morgan fingerprint density at radius 2 is 1.61 bits per heavy atom. The van der Waals surface area contributed by atoms with Crippen LogP contribution in [0.25, 0.3) is 22.5 Å². The van der Waals surface area contributed by atoms with Crippen molar-refractivity contribution in [2.24, 2.45) is 0 Å². The number of carbonyl (C=O) groups excluding carboxylic acids is 1. The molecule has 0 bridgehead atoms. The minimum absolute atomic E-state index is 0.300. The summed E-state index contributed by atoms with van der Waals surface area (Å²) >= 11 is 0. The fraction of sp³-hybridized carbons (Fsp3) is 0.156. The molecule has 41 heavy (non-hydrogen) atoms. The van der Waals surface area contributed by atoms with Gasteiger partial charge < -0.3 is 11.1 Å². The third-order valence-corrected chi connectivity index (χ3v) is 6.80. The zero-order valence-electron chi connectivity index (χ0n) is 23.1. The van der Waals surface area contributed by atoms with Gasteiger partial charge in [-0.05, 0) is 51.0 Å². The lowest BCUT2D eigenvalue weighted by Crippen LogP contribution is -2.32. The SMILES string of the molecule is Cc1ccc(-c2nn(C(C)(C)Cc3ccccc3NC(=O)Nc3ccc(-c4ccccc4)nn3)c(N)c2C#N)cc1. The van der Waals surface area contributed by atoms with Crippen LogP contribution in [0.2, 0.25) is 0 Å². The van der Waals surface area contributed by atoms with Gasteiger partial charge in [-0.2, -0.15) is 10.4 Å². The van der Waals surface area contributed by atoms with Gasteiger partial charge in [0.05, 0.1) is 11.2 Å². The Bertz CT molecular complexity index is 1720. The number of aromatic nitrogens is 4. The molecule has 5 rings (SSSR count). The zero-order valence-corrected chi connectivity index (χ0v) is 23.1. The van der Waals surface area contributed by atoms with Gasteiger partial charge in [-0.3, -0.25) is 5.32 Å². The van der Waals surface area contributed by atoms with E-state index in [1.807, 2.05) is 106 Å². The third-order valence-electron chi connectivity index (χ3n) is 6.80. The number of nitrogens with two attached hydrogens (primary N) is 1. The van der Waals surface area contributed by atoms with Crippen LogP contribution in [0.3, 0.4) is 0 Å². The molecule has 0 radical (unpaired) electrons. The quantitative estimate of drug-likeness (QED) is 0.218. The molecular formula is C32H30N8O. The van der Waals surface area contributed by atoms with Crippen molar-refractivity contribution in [2.75, 3.05) is 16.4 Å². The molecule has 0 aliphatic carbocycles. The van der Waals surface area contributed by atoms with Crippen LogP contribution in [0.1, 0.15) is 30.5 Å². The standard InChI is InChI=1S/C32H30N8O/c1-21-13-15-23(16-14-21)29-25(20-33)30(34)40(39-29)32(2,3)19-24-11-7-8-12-26(24)35-31(41)36-28-18-17-27(37-38-28)22-9-5-4-6-10-22/h4-18H,19,34H2,1-3H3,(H2,35,36,38,41). The van der Waals surface area contributed by atoms with Crippen molar-refractivity contribution in [3.05, 3.63) is 108 Å². The fourth-order valence-corrected chi connectivity index (χ4v) is 4.69. The van der Waals surface area contributed by atoms with E-state index < -0.39 is 11.6 Å². The lowest BCUT2D eigenvalue weighted by molar-refractivity contribution is 0.262. The second-order valence-electron chi connectivity index (χ2n) is 10.4. The highest BCUT2D eigenvalue weighted by Gasteiger charge is 2.29. The summed E-state index contributed by atoms with van der Waals surface area (Å²) in [7, 11) is 0. The number of para-hydroxylation sites is 1. The lowest BCUT2D eigenvalue weighted by Gasteiger charge is -2.28. The highest BCUT2D eigenvalue weighted by molar-refractivity contribution is 5.99. The van der Waals surface area contributed by atoms with E-state index in [1.54, 1.807) is 10.7 Å². The summed E-state index contributed by atoms with van der Waals surface area (Å²) in [6, 6.07) is 30.4. The number of benzene rings is 3. The van der Waals surface area contributed by atoms with Gasteiger partial charge in [0, 0.05) is 16.8 Å². The van der Waals surface area contributed by atoms with E-state index in [9.17, 15) is 10.1 Å². The molecule has 2 amide bonds. The number of nitrogens with one attached hydrogen (secondary N) is 2. The minimum Gasteiger partial charge on any atom is -0.383 e. The normalized spacial score (nSPS) is 11.1. The van der Waals surface area contributed by atoms with Crippen LogP contribution in [-0.4, -0.2) is 26.0 Å². The predicted octanol–water partition coefficient (Wildman–Crippen LogP) is 6.39. The summed E-state index contributed by atoms with van der Waals surface area (Å²) in [4.78, 5) is 12.9. The zero-order chi connectivity index (χ0) is 29.0. The van der Waals surface area contributed by atoms with Crippen LogP contribution in [-0.2, 0) is 12.0 Å². The molecule has 0 saturated carbocycles. The van der Waals surface area contributed by atoms with Crippen molar-refractivity contribution in [1.82, 2.24) is 20.0 Å². The molecule has 0 aliphatic heterocycles. The first-order chi connectivity index (χ1) is 19.7. The Kier molecular flexibility index (Phi) is 7.48. The number of rotatable bonds is 7. The number of nitrogen functional groups attached to an aromatic ring is 1. The molecule has 0 atom stereocenters. The molecule has 5 aromatic rings. The average molecular weight is 543 g/mol. The number of anilines is 3. The monoisotopic (exact) mass is 542 g/mol. The van der Waals surface area contributed by atoms with Crippen molar-refractivity contribution >= 4 is 23.4 Å². The van der Waals surface area contributed by atoms with Gasteiger partial charge in [-0.1, -0.05) is 78.4 Å². The van der Waals surface area contributed by atoms with Crippen molar-refractivity contribution in [3.8, 4) is 28.6 Å². The highest BCUT2D eigenvalue weighted by atomic mass is 16.2. The average Bonchev–Trinajstić information content (AvgIpc) is 3.32. The number of urea groups is 1. The first kappa shape index (κ1) is 27.1.